The Labute approximate surface area is 148 Å². The Bertz CT molecular complexity index is 920. The Hall–Kier alpha value is -3.07. The van der Waals surface area contributed by atoms with Crippen molar-refractivity contribution in [3.05, 3.63) is 54.3 Å². The van der Waals surface area contributed by atoms with Crippen molar-refractivity contribution >= 4 is 5.91 Å². The van der Waals surface area contributed by atoms with Crippen LogP contribution in [-0.4, -0.2) is 61.1 Å². The van der Waals surface area contributed by atoms with Gasteiger partial charge in [-0.1, -0.05) is 0 Å². The molecule has 5 heterocycles. The molecule has 1 amide bonds. The minimum Gasteiger partial charge on any atom is -0.448 e. The summed E-state index contributed by atoms with van der Waals surface area (Å²) in [6.45, 7) is 1.36. The molecule has 2 atom stereocenters. The number of pyridine rings is 1. The first kappa shape index (κ1) is 15.2. The van der Waals surface area contributed by atoms with Crippen LogP contribution < -0.4 is 0 Å². The average Bonchev–Trinajstić information content (AvgIpc) is 3.38. The van der Waals surface area contributed by atoms with E-state index in [0.717, 1.165) is 24.4 Å². The first-order chi connectivity index (χ1) is 12.8. The van der Waals surface area contributed by atoms with E-state index in [0.29, 0.717) is 24.6 Å². The van der Waals surface area contributed by atoms with Gasteiger partial charge in [0.05, 0.1) is 37.2 Å². The molecule has 2 aliphatic heterocycles. The average molecular weight is 352 g/mol. The van der Waals surface area contributed by atoms with Crippen molar-refractivity contribution in [2.45, 2.75) is 25.0 Å². The van der Waals surface area contributed by atoms with E-state index in [1.54, 1.807) is 18.6 Å². The van der Waals surface area contributed by atoms with Crippen LogP contribution in [0.25, 0.3) is 5.69 Å². The highest BCUT2D eigenvalue weighted by molar-refractivity contribution is 5.93. The molecule has 3 aromatic heterocycles. The first-order valence-corrected chi connectivity index (χ1v) is 8.46. The Morgan fingerprint density at radius 1 is 1.27 bits per heavy atom. The maximum atomic E-state index is 12.5. The Balaban J connectivity index is 1.26. The molecule has 0 N–H and O–H groups in total. The van der Waals surface area contributed by atoms with Gasteiger partial charge in [0.15, 0.2) is 5.69 Å². The van der Waals surface area contributed by atoms with Crippen molar-refractivity contribution in [2.24, 2.45) is 0 Å². The molecule has 9 heteroatoms. The number of aromatic nitrogens is 5. The topological polar surface area (TPSA) is 99.2 Å². The second kappa shape index (κ2) is 6.03. The van der Waals surface area contributed by atoms with Gasteiger partial charge in [-0.05, 0) is 18.6 Å². The normalized spacial score (nSPS) is 21.5. The highest BCUT2D eigenvalue weighted by Crippen LogP contribution is 2.31. The van der Waals surface area contributed by atoms with Crippen LogP contribution in [0, 0.1) is 0 Å². The zero-order chi connectivity index (χ0) is 17.5. The lowest BCUT2D eigenvalue weighted by molar-refractivity contribution is -0.0268. The van der Waals surface area contributed by atoms with Crippen molar-refractivity contribution < 1.29 is 13.9 Å². The van der Waals surface area contributed by atoms with Crippen molar-refractivity contribution in [1.29, 1.82) is 0 Å². The summed E-state index contributed by atoms with van der Waals surface area (Å²) in [4.78, 5) is 24.5. The molecule has 0 radical (unpaired) electrons. The van der Waals surface area contributed by atoms with E-state index in [2.05, 4.69) is 20.2 Å². The van der Waals surface area contributed by atoms with Crippen LogP contribution in [0.1, 0.15) is 28.5 Å². The zero-order valence-electron chi connectivity index (χ0n) is 13.9. The predicted octanol–water partition coefficient (Wildman–Crippen LogP) is 0.854. The molecule has 0 bridgehead atoms. The number of likely N-dealkylation sites (tertiary alicyclic amines) is 1. The molecular weight excluding hydrogens is 336 g/mol. The number of oxazole rings is 1. The smallest absolute Gasteiger partial charge is 0.276 e. The first-order valence-electron chi connectivity index (χ1n) is 8.46. The Morgan fingerprint density at radius 2 is 2.15 bits per heavy atom. The van der Waals surface area contributed by atoms with Gasteiger partial charge in [0.25, 0.3) is 5.91 Å². The number of carbonyl (C=O) groups is 1. The fourth-order valence-corrected chi connectivity index (χ4v) is 3.37. The molecule has 2 saturated heterocycles. The molecule has 0 aliphatic carbocycles. The molecule has 2 aliphatic rings. The van der Waals surface area contributed by atoms with Gasteiger partial charge in [-0.15, -0.1) is 0 Å². The minimum absolute atomic E-state index is 0.0974. The summed E-state index contributed by atoms with van der Waals surface area (Å²) in [5, 5.41) is 8.12. The largest absolute Gasteiger partial charge is 0.448 e. The third-order valence-electron chi connectivity index (χ3n) is 4.77. The zero-order valence-corrected chi connectivity index (χ0v) is 13.9. The van der Waals surface area contributed by atoms with Crippen LogP contribution in [0.2, 0.25) is 0 Å². The van der Waals surface area contributed by atoms with Crippen molar-refractivity contribution in [3.8, 4) is 5.69 Å². The van der Waals surface area contributed by atoms with Crippen LogP contribution in [0.4, 0.5) is 0 Å². The molecule has 3 aromatic rings. The van der Waals surface area contributed by atoms with Crippen LogP contribution in [0.15, 0.2) is 41.4 Å². The van der Waals surface area contributed by atoms with Crippen LogP contribution in [0.5, 0.6) is 0 Å². The van der Waals surface area contributed by atoms with E-state index < -0.39 is 0 Å². The molecule has 132 valence electrons. The standard InChI is InChI=1S/C17H16N6O3/c24-17(22-9-15-14(22)3-6-25-15)13-10-26-16(21-13)7-11-1-2-12(8-18-11)23-19-4-5-20-23/h1-2,4-5,8,10,14-15H,3,6-7,9H2/t14-,15-/m1/s1. The van der Waals surface area contributed by atoms with Crippen LogP contribution >= 0.6 is 0 Å². The van der Waals surface area contributed by atoms with Crippen molar-refractivity contribution in [2.75, 3.05) is 13.2 Å². The number of nitrogens with zero attached hydrogens (tertiary/aromatic N) is 6. The Kier molecular flexibility index (Phi) is 3.52. The van der Waals surface area contributed by atoms with Gasteiger partial charge in [0.1, 0.15) is 12.0 Å². The molecule has 0 aromatic carbocycles. The van der Waals surface area contributed by atoms with Gasteiger partial charge < -0.3 is 14.1 Å². The third kappa shape index (κ3) is 2.57. The van der Waals surface area contributed by atoms with Crippen LogP contribution in [-0.2, 0) is 11.2 Å². The molecule has 0 spiro atoms. The molecule has 26 heavy (non-hydrogen) atoms. The minimum atomic E-state index is -0.0974. The van der Waals surface area contributed by atoms with E-state index in [1.165, 1.54) is 11.1 Å². The van der Waals surface area contributed by atoms with Crippen molar-refractivity contribution in [1.82, 2.24) is 29.9 Å². The quantitative estimate of drug-likeness (QED) is 0.686. The van der Waals surface area contributed by atoms with E-state index in [4.69, 9.17) is 9.15 Å². The van der Waals surface area contributed by atoms with Crippen molar-refractivity contribution in [3.63, 3.8) is 0 Å². The second-order valence-electron chi connectivity index (χ2n) is 6.35. The van der Waals surface area contributed by atoms with E-state index in [9.17, 15) is 4.79 Å². The van der Waals surface area contributed by atoms with Gasteiger partial charge in [-0.2, -0.15) is 15.0 Å². The maximum Gasteiger partial charge on any atom is 0.276 e. The number of amides is 1. The van der Waals surface area contributed by atoms with Gasteiger partial charge in [0, 0.05) is 18.8 Å². The monoisotopic (exact) mass is 352 g/mol. The number of fused-ring (bicyclic) bond motifs is 1. The summed E-state index contributed by atoms with van der Waals surface area (Å²) >= 11 is 0. The summed E-state index contributed by atoms with van der Waals surface area (Å²) in [7, 11) is 0. The number of carbonyl (C=O) groups excluding carboxylic acids is 1. The van der Waals surface area contributed by atoms with Gasteiger partial charge >= 0.3 is 0 Å². The van der Waals surface area contributed by atoms with Gasteiger partial charge in [0.2, 0.25) is 5.89 Å². The predicted molar refractivity (Wildman–Crippen MR) is 87.6 cm³/mol. The number of hydrogen-bond donors (Lipinski definition) is 0. The lowest BCUT2D eigenvalue weighted by atomic mass is 9.98. The van der Waals surface area contributed by atoms with E-state index in [1.807, 2.05) is 17.0 Å². The number of ether oxygens (including phenoxy) is 1. The molecule has 0 unspecified atom stereocenters. The third-order valence-corrected chi connectivity index (χ3v) is 4.77. The fourth-order valence-electron chi connectivity index (χ4n) is 3.37. The SMILES string of the molecule is O=C(c1coc(Cc2ccc(-n3nccn3)cn2)n1)N1C[C@H]2OCC[C@H]21. The van der Waals surface area contributed by atoms with Gasteiger partial charge in [-0.3, -0.25) is 9.78 Å². The molecule has 0 saturated carbocycles. The van der Waals surface area contributed by atoms with E-state index >= 15 is 0 Å². The maximum absolute atomic E-state index is 12.5. The fraction of sp³-hybridized carbons (Fsp3) is 0.353. The van der Waals surface area contributed by atoms with E-state index in [-0.39, 0.29) is 18.1 Å². The summed E-state index contributed by atoms with van der Waals surface area (Å²) in [5.41, 5.74) is 1.89. The highest BCUT2D eigenvalue weighted by Gasteiger charge is 2.46. The summed E-state index contributed by atoms with van der Waals surface area (Å²) in [5.74, 6) is 0.366. The molecule has 5 rings (SSSR count). The second-order valence-corrected chi connectivity index (χ2v) is 6.35. The molecular formula is C17H16N6O3. The van der Waals surface area contributed by atoms with Gasteiger partial charge in [-0.25, -0.2) is 4.98 Å². The molecule has 9 nitrogen and oxygen atoms in total. The Morgan fingerprint density at radius 3 is 2.92 bits per heavy atom. The lowest BCUT2D eigenvalue weighted by Crippen LogP contribution is -2.59. The summed E-state index contributed by atoms with van der Waals surface area (Å²) in [6.07, 6.45) is 7.82. The molecule has 2 fully saturated rings. The summed E-state index contributed by atoms with van der Waals surface area (Å²) in [6, 6.07) is 3.92. The lowest BCUT2D eigenvalue weighted by Gasteiger charge is -2.42. The highest BCUT2D eigenvalue weighted by atomic mass is 16.5. The number of rotatable bonds is 4. The van der Waals surface area contributed by atoms with Crippen LogP contribution in [0.3, 0.4) is 0 Å². The number of hydrogen-bond acceptors (Lipinski definition) is 7. The summed E-state index contributed by atoms with van der Waals surface area (Å²) < 4.78 is 11.0.